The van der Waals surface area contributed by atoms with Gasteiger partial charge in [-0.1, -0.05) is 108 Å². The van der Waals surface area contributed by atoms with Gasteiger partial charge in [-0.05, 0) is 135 Å². The Kier molecular flexibility index (Phi) is 11.7. The zero-order chi connectivity index (χ0) is 53.7. The second-order valence-electron chi connectivity index (χ2n) is 19.9. The van der Waals surface area contributed by atoms with Crippen LogP contribution in [0.25, 0.3) is 98.8 Å². The first-order valence-corrected chi connectivity index (χ1v) is 25.1. The van der Waals surface area contributed by atoms with E-state index in [2.05, 4.69) is 9.13 Å². The standard InChI is InChI=1S/C65H48F6N2O4/c1-36-21-27-58(48(29-36)50-31-38(3)42-25-23-40(33-52(42)62(50)74)72-54-17-9-5-13-44(54)45-14-6-10-18-55(45)72)76-60(64(66,67)68)35-61(65(69,70)71)77-59-28-22-37(2)30-49(59)51-32-39(4)43-26-24-41(34-53(43)63(51)75)73-56-19-11-7-15-46(56)47-16-8-12-20-57(47)73/h5-34,60-61,74-75H,35H2,1-4H3/t60-,61+. The molecular formula is C65H48F6N2O4. The molecule has 0 amide bonds. The number of phenolic OH excluding ortho intramolecular Hbond substituents is 2. The first kappa shape index (κ1) is 49.0. The molecule has 0 radical (unpaired) electrons. The fraction of sp³-hybridized carbons (Fsp3) is 0.138. The van der Waals surface area contributed by atoms with E-state index in [1.54, 1.807) is 38.1 Å². The SMILES string of the molecule is Cc1ccc(O[C@@H](C[C@@H](Oc2ccc(C)cc2-c2cc(C)c3ccc(-n4c5ccccc5c5ccccc54)cc3c2O)C(F)(F)F)C(F)(F)F)c(-c2cc(C)c3ccc(-n4c5ccccc5c5ccccc54)cc3c2O)c1. The Morgan fingerprint density at radius 1 is 0.377 bits per heavy atom. The first-order valence-electron chi connectivity index (χ1n) is 25.1. The summed E-state index contributed by atoms with van der Waals surface area (Å²) in [4.78, 5) is 0. The Labute approximate surface area is 438 Å². The molecule has 2 aromatic heterocycles. The number of rotatable bonds is 10. The van der Waals surface area contributed by atoms with Crippen LogP contribution in [0.15, 0.2) is 182 Å². The average Bonchev–Trinajstić information content (AvgIpc) is 4.04. The Balaban J connectivity index is 0.907. The molecule has 0 bridgehead atoms. The molecule has 0 saturated heterocycles. The molecule has 10 aromatic carbocycles. The summed E-state index contributed by atoms with van der Waals surface area (Å²) < 4.78 is 108. The smallest absolute Gasteiger partial charge is 0.425 e. The molecule has 6 nitrogen and oxygen atoms in total. The van der Waals surface area contributed by atoms with Crippen LogP contribution in [0.3, 0.4) is 0 Å². The number of phenols is 2. The molecule has 12 heteroatoms. The number of aromatic nitrogens is 2. The lowest BCUT2D eigenvalue weighted by Crippen LogP contribution is -2.44. The molecule has 2 N–H and O–H groups in total. The minimum Gasteiger partial charge on any atom is -0.507 e. The van der Waals surface area contributed by atoms with Crippen molar-refractivity contribution in [1.82, 2.24) is 9.13 Å². The highest BCUT2D eigenvalue weighted by atomic mass is 19.4. The van der Waals surface area contributed by atoms with Crippen LogP contribution in [0, 0.1) is 27.7 Å². The summed E-state index contributed by atoms with van der Waals surface area (Å²) in [6, 6.07) is 54.9. The predicted octanol–water partition coefficient (Wildman–Crippen LogP) is 17.9. The molecule has 0 aliphatic carbocycles. The van der Waals surface area contributed by atoms with E-state index in [0.717, 1.165) is 55.0 Å². The average molecular weight is 1040 g/mol. The van der Waals surface area contributed by atoms with Crippen molar-refractivity contribution in [3.8, 4) is 56.6 Å². The molecule has 0 spiro atoms. The largest absolute Gasteiger partial charge is 0.507 e. The molecule has 2 heterocycles. The van der Waals surface area contributed by atoms with Crippen LogP contribution in [0.2, 0.25) is 0 Å². The van der Waals surface area contributed by atoms with Crippen LogP contribution < -0.4 is 9.47 Å². The highest BCUT2D eigenvalue weighted by Crippen LogP contribution is 2.48. The molecule has 0 unspecified atom stereocenters. The Bertz CT molecular complexity index is 3960. The molecule has 12 aromatic rings. The number of benzene rings is 10. The van der Waals surface area contributed by atoms with Gasteiger partial charge in [-0.3, -0.25) is 0 Å². The van der Waals surface area contributed by atoms with E-state index in [0.29, 0.717) is 43.8 Å². The van der Waals surface area contributed by atoms with E-state index in [-0.39, 0.29) is 45.3 Å². The van der Waals surface area contributed by atoms with Crippen molar-refractivity contribution in [3.63, 3.8) is 0 Å². The Morgan fingerprint density at radius 2 is 0.714 bits per heavy atom. The van der Waals surface area contributed by atoms with Crippen LogP contribution in [0.5, 0.6) is 23.0 Å². The van der Waals surface area contributed by atoms with E-state index in [1.807, 2.05) is 147 Å². The second-order valence-corrected chi connectivity index (χ2v) is 19.9. The molecule has 77 heavy (non-hydrogen) atoms. The van der Waals surface area contributed by atoms with Gasteiger partial charge in [0.05, 0.1) is 22.1 Å². The van der Waals surface area contributed by atoms with Gasteiger partial charge in [0.2, 0.25) is 0 Å². The lowest BCUT2D eigenvalue weighted by atomic mass is 9.94. The molecule has 384 valence electrons. The van der Waals surface area contributed by atoms with Crippen molar-refractivity contribution in [3.05, 3.63) is 204 Å². The zero-order valence-corrected chi connectivity index (χ0v) is 42.1. The maximum atomic E-state index is 15.4. The van der Waals surface area contributed by atoms with E-state index < -0.39 is 31.0 Å². The van der Waals surface area contributed by atoms with E-state index >= 15 is 26.3 Å². The van der Waals surface area contributed by atoms with E-state index in [4.69, 9.17) is 9.47 Å². The van der Waals surface area contributed by atoms with Gasteiger partial charge in [-0.15, -0.1) is 0 Å². The van der Waals surface area contributed by atoms with Crippen molar-refractivity contribution in [2.24, 2.45) is 0 Å². The summed E-state index contributed by atoms with van der Waals surface area (Å²) in [5, 5.41) is 30.7. The number of halogens is 6. The van der Waals surface area contributed by atoms with Crippen LogP contribution in [0.1, 0.15) is 28.7 Å². The number of alkyl halides is 6. The topological polar surface area (TPSA) is 68.8 Å². The third kappa shape index (κ3) is 8.48. The number of aromatic hydroxyl groups is 2. The lowest BCUT2D eigenvalue weighted by Gasteiger charge is -2.29. The highest BCUT2D eigenvalue weighted by molar-refractivity contribution is 6.11. The van der Waals surface area contributed by atoms with Crippen LogP contribution in [-0.4, -0.2) is 43.9 Å². The van der Waals surface area contributed by atoms with Crippen molar-refractivity contribution in [2.45, 2.75) is 58.7 Å². The van der Waals surface area contributed by atoms with Gasteiger partial charge in [0.1, 0.15) is 23.0 Å². The van der Waals surface area contributed by atoms with Gasteiger partial charge in [0, 0.05) is 72.4 Å². The molecule has 0 saturated carbocycles. The van der Waals surface area contributed by atoms with Crippen molar-refractivity contribution in [2.75, 3.05) is 0 Å². The first-order chi connectivity index (χ1) is 36.9. The molecule has 12 rings (SSSR count). The maximum absolute atomic E-state index is 15.4. The Morgan fingerprint density at radius 3 is 1.05 bits per heavy atom. The van der Waals surface area contributed by atoms with Gasteiger partial charge < -0.3 is 28.8 Å². The number of hydrogen-bond acceptors (Lipinski definition) is 4. The van der Waals surface area contributed by atoms with Gasteiger partial charge in [-0.2, -0.15) is 26.3 Å². The van der Waals surface area contributed by atoms with Crippen LogP contribution in [0.4, 0.5) is 26.3 Å². The summed E-state index contributed by atoms with van der Waals surface area (Å²) in [7, 11) is 0. The maximum Gasteiger partial charge on any atom is 0.425 e. The van der Waals surface area contributed by atoms with Gasteiger partial charge in [0.15, 0.2) is 12.2 Å². The van der Waals surface area contributed by atoms with Crippen molar-refractivity contribution in [1.29, 1.82) is 0 Å². The number of ether oxygens (including phenoxy) is 2. The monoisotopic (exact) mass is 1030 g/mol. The van der Waals surface area contributed by atoms with Crippen LogP contribution >= 0.6 is 0 Å². The fourth-order valence-corrected chi connectivity index (χ4v) is 11.2. The summed E-state index contributed by atoms with van der Waals surface area (Å²) in [6.07, 6.45) is -18.4. The number of hydrogen-bond donors (Lipinski definition) is 2. The molecular weight excluding hydrogens is 987 g/mol. The second kappa shape index (κ2) is 18.4. The highest BCUT2D eigenvalue weighted by Gasteiger charge is 2.51. The number of fused-ring (bicyclic) bond motifs is 8. The number of nitrogens with zero attached hydrogens (tertiary/aromatic N) is 2. The number of aryl methyl sites for hydroxylation is 4. The summed E-state index contributed by atoms with van der Waals surface area (Å²) >= 11 is 0. The third-order valence-corrected chi connectivity index (χ3v) is 14.8. The van der Waals surface area contributed by atoms with E-state index in [1.165, 1.54) is 24.3 Å². The molecule has 0 aliphatic heterocycles. The predicted molar refractivity (Wildman–Crippen MR) is 295 cm³/mol. The van der Waals surface area contributed by atoms with Crippen molar-refractivity contribution >= 4 is 65.2 Å². The minimum absolute atomic E-state index is 0.0535. The normalized spacial score (nSPS) is 13.1. The lowest BCUT2D eigenvalue weighted by molar-refractivity contribution is -0.233. The molecule has 2 atom stereocenters. The summed E-state index contributed by atoms with van der Waals surface area (Å²) in [5.41, 5.74) is 8.14. The van der Waals surface area contributed by atoms with Gasteiger partial charge in [0.25, 0.3) is 0 Å². The van der Waals surface area contributed by atoms with Crippen LogP contribution in [-0.2, 0) is 0 Å². The summed E-state index contributed by atoms with van der Waals surface area (Å²) in [6.45, 7) is 7.06. The van der Waals surface area contributed by atoms with Crippen molar-refractivity contribution < 1.29 is 46.0 Å². The quantitative estimate of drug-likeness (QED) is 0.134. The summed E-state index contributed by atoms with van der Waals surface area (Å²) in [5.74, 6) is -1.27. The van der Waals surface area contributed by atoms with Gasteiger partial charge >= 0.3 is 12.4 Å². The fourth-order valence-electron chi connectivity index (χ4n) is 11.2. The zero-order valence-electron chi connectivity index (χ0n) is 42.1. The molecule has 0 fully saturated rings. The van der Waals surface area contributed by atoms with E-state index in [9.17, 15) is 10.2 Å². The minimum atomic E-state index is -5.33. The Hall–Kier alpha value is -8.90. The van der Waals surface area contributed by atoms with Gasteiger partial charge in [-0.25, -0.2) is 0 Å². The molecule has 0 aliphatic rings. The third-order valence-electron chi connectivity index (χ3n) is 14.8. The number of para-hydroxylation sites is 4.